The van der Waals surface area contributed by atoms with E-state index in [1.807, 2.05) is 36.4 Å². The first kappa shape index (κ1) is 20.5. The van der Waals surface area contributed by atoms with E-state index in [9.17, 15) is 13.2 Å². The maximum Gasteiger partial charge on any atom is 0.242 e. The fraction of sp³-hybridized carbons (Fsp3) is 0.316. The molecule has 0 unspecified atom stereocenters. The Kier molecular flexibility index (Phi) is 7.68. The molecule has 0 fully saturated rings. The molecule has 0 saturated carbocycles. The van der Waals surface area contributed by atoms with Gasteiger partial charge in [0.2, 0.25) is 15.9 Å². The highest BCUT2D eigenvalue weighted by Crippen LogP contribution is 2.18. The van der Waals surface area contributed by atoms with Crippen LogP contribution in [0.5, 0.6) is 0 Å². The number of hydrogen-bond acceptors (Lipinski definition) is 4. The van der Waals surface area contributed by atoms with Crippen molar-refractivity contribution in [2.24, 2.45) is 0 Å². The summed E-state index contributed by atoms with van der Waals surface area (Å²) < 4.78 is 25.5. The summed E-state index contributed by atoms with van der Waals surface area (Å²) in [5.74, 6) is 0.922. The highest BCUT2D eigenvalue weighted by molar-refractivity contribution is 7.99. The molecule has 2 aromatic rings. The molecule has 0 aliphatic carbocycles. The molecule has 1 N–H and O–H groups in total. The number of benzene rings is 2. The van der Waals surface area contributed by atoms with Crippen molar-refractivity contribution in [2.45, 2.75) is 17.1 Å². The van der Waals surface area contributed by atoms with Gasteiger partial charge in [-0.3, -0.25) is 4.79 Å². The van der Waals surface area contributed by atoms with Crippen LogP contribution in [0.1, 0.15) is 11.1 Å². The van der Waals surface area contributed by atoms with Gasteiger partial charge in [-0.25, -0.2) is 12.7 Å². The van der Waals surface area contributed by atoms with E-state index in [2.05, 4.69) is 5.32 Å². The van der Waals surface area contributed by atoms with Crippen LogP contribution in [-0.2, 0) is 27.0 Å². The molecule has 0 saturated heterocycles. The van der Waals surface area contributed by atoms with Crippen molar-refractivity contribution in [3.63, 3.8) is 0 Å². The minimum absolute atomic E-state index is 0.0111. The minimum atomic E-state index is -3.43. The third kappa shape index (κ3) is 6.16. The zero-order valence-electron chi connectivity index (χ0n) is 15.0. The van der Waals surface area contributed by atoms with Crippen molar-refractivity contribution >= 4 is 27.7 Å². The number of rotatable bonds is 9. The number of hydrogen-bond donors (Lipinski definition) is 1. The van der Waals surface area contributed by atoms with Gasteiger partial charge < -0.3 is 5.32 Å². The third-order valence-corrected chi connectivity index (χ3v) is 6.57. The van der Waals surface area contributed by atoms with Crippen LogP contribution in [0.15, 0.2) is 59.5 Å². The molecule has 7 heteroatoms. The van der Waals surface area contributed by atoms with Crippen LogP contribution in [0.25, 0.3) is 0 Å². The van der Waals surface area contributed by atoms with E-state index in [0.29, 0.717) is 18.1 Å². The second-order valence-electron chi connectivity index (χ2n) is 6.01. The van der Waals surface area contributed by atoms with Gasteiger partial charge in [-0.05, 0) is 29.7 Å². The first-order valence-electron chi connectivity index (χ1n) is 8.29. The maximum atomic E-state index is 12.2. The van der Waals surface area contributed by atoms with Crippen LogP contribution in [0.3, 0.4) is 0 Å². The summed E-state index contributed by atoms with van der Waals surface area (Å²) in [5.41, 5.74) is 2.08. The van der Waals surface area contributed by atoms with Gasteiger partial charge in [-0.15, -0.1) is 11.8 Å². The minimum Gasteiger partial charge on any atom is -0.355 e. The monoisotopic (exact) mass is 392 g/mol. The molecule has 0 bridgehead atoms. The van der Waals surface area contributed by atoms with Crippen LogP contribution in [-0.4, -0.2) is 45.0 Å². The number of carbonyl (C=O) groups is 1. The summed E-state index contributed by atoms with van der Waals surface area (Å²) in [6.45, 7) is 0.611. The molecule has 0 spiro atoms. The average Bonchev–Trinajstić information content (AvgIpc) is 2.63. The van der Waals surface area contributed by atoms with E-state index in [0.717, 1.165) is 12.0 Å². The molecule has 0 aromatic heterocycles. The molecule has 0 heterocycles. The molecule has 0 aliphatic heterocycles. The van der Waals surface area contributed by atoms with Gasteiger partial charge in [0.15, 0.2) is 0 Å². The zero-order valence-corrected chi connectivity index (χ0v) is 16.6. The fourth-order valence-electron chi connectivity index (χ4n) is 2.31. The van der Waals surface area contributed by atoms with Crippen LogP contribution in [0.2, 0.25) is 0 Å². The molecule has 0 aliphatic rings. The second-order valence-corrected chi connectivity index (χ2v) is 9.15. The van der Waals surface area contributed by atoms with Crippen molar-refractivity contribution < 1.29 is 13.2 Å². The molecule has 26 heavy (non-hydrogen) atoms. The van der Waals surface area contributed by atoms with Gasteiger partial charge in [0, 0.05) is 26.4 Å². The molecule has 5 nitrogen and oxygen atoms in total. The van der Waals surface area contributed by atoms with Crippen molar-refractivity contribution in [2.75, 3.05) is 26.4 Å². The van der Waals surface area contributed by atoms with Gasteiger partial charge in [-0.1, -0.05) is 42.5 Å². The topological polar surface area (TPSA) is 66.5 Å². The molecular weight excluding hydrogens is 368 g/mol. The van der Waals surface area contributed by atoms with Crippen LogP contribution in [0.4, 0.5) is 0 Å². The molecular formula is C19H24N2O3S2. The van der Waals surface area contributed by atoms with Crippen molar-refractivity contribution in [3.8, 4) is 0 Å². The Morgan fingerprint density at radius 1 is 1.04 bits per heavy atom. The standard InChI is InChI=1S/C19H24N2O3S2/c1-21(2)26(23,24)18-10-6-9-17(13-18)14-25-15-19(22)20-12-11-16-7-4-3-5-8-16/h3-10,13H,11-12,14-15H2,1-2H3,(H,20,22). The largest absolute Gasteiger partial charge is 0.355 e. The van der Waals surface area contributed by atoms with Gasteiger partial charge in [0.1, 0.15) is 0 Å². The van der Waals surface area contributed by atoms with E-state index in [1.54, 1.807) is 18.2 Å². The Bertz CT molecular complexity index is 822. The summed E-state index contributed by atoms with van der Waals surface area (Å²) in [6, 6.07) is 16.9. The Hall–Kier alpha value is -1.83. The third-order valence-electron chi connectivity index (χ3n) is 3.76. The highest BCUT2D eigenvalue weighted by atomic mass is 32.2. The Morgan fingerprint density at radius 2 is 1.73 bits per heavy atom. The molecule has 0 atom stereocenters. The van der Waals surface area contributed by atoms with Gasteiger partial charge in [0.05, 0.1) is 10.6 Å². The van der Waals surface area contributed by atoms with Gasteiger partial charge >= 0.3 is 0 Å². The first-order valence-corrected chi connectivity index (χ1v) is 10.9. The molecule has 2 aromatic carbocycles. The zero-order chi connectivity index (χ0) is 19.0. The molecule has 1 amide bonds. The number of nitrogens with zero attached hydrogens (tertiary/aromatic N) is 1. The lowest BCUT2D eigenvalue weighted by atomic mass is 10.1. The molecule has 140 valence electrons. The van der Waals surface area contributed by atoms with Crippen LogP contribution >= 0.6 is 11.8 Å². The van der Waals surface area contributed by atoms with E-state index in [1.165, 1.54) is 35.7 Å². The lowest BCUT2D eigenvalue weighted by Gasteiger charge is -2.12. The first-order chi connectivity index (χ1) is 12.4. The molecule has 2 rings (SSSR count). The predicted octanol–water partition coefficient (Wildman–Crippen LogP) is 2.53. The lowest BCUT2D eigenvalue weighted by molar-refractivity contribution is -0.118. The average molecular weight is 393 g/mol. The quantitative estimate of drug-likeness (QED) is 0.712. The fourth-order valence-corrected chi connectivity index (χ4v) is 4.09. The Labute approximate surface area is 159 Å². The number of amides is 1. The summed E-state index contributed by atoms with van der Waals surface area (Å²) in [5, 5.41) is 2.91. The van der Waals surface area contributed by atoms with Gasteiger partial charge in [-0.2, -0.15) is 0 Å². The summed E-state index contributed by atoms with van der Waals surface area (Å²) in [6.07, 6.45) is 0.807. The number of carbonyl (C=O) groups excluding carboxylic acids is 1. The van der Waals surface area contributed by atoms with Crippen molar-refractivity contribution in [3.05, 3.63) is 65.7 Å². The van der Waals surface area contributed by atoms with Crippen molar-refractivity contribution in [1.29, 1.82) is 0 Å². The summed E-state index contributed by atoms with van der Waals surface area (Å²) >= 11 is 1.47. The SMILES string of the molecule is CN(C)S(=O)(=O)c1cccc(CSCC(=O)NCCc2ccccc2)c1. The number of thioether (sulfide) groups is 1. The molecule has 0 radical (unpaired) electrons. The Balaban J connectivity index is 1.76. The van der Waals surface area contributed by atoms with Crippen LogP contribution in [0, 0.1) is 0 Å². The van der Waals surface area contributed by atoms with Crippen molar-refractivity contribution in [1.82, 2.24) is 9.62 Å². The smallest absolute Gasteiger partial charge is 0.242 e. The van der Waals surface area contributed by atoms with Gasteiger partial charge in [0.25, 0.3) is 0 Å². The van der Waals surface area contributed by atoms with E-state index in [4.69, 9.17) is 0 Å². The van der Waals surface area contributed by atoms with E-state index in [-0.39, 0.29) is 10.8 Å². The van der Waals surface area contributed by atoms with Crippen LogP contribution < -0.4 is 5.32 Å². The van der Waals surface area contributed by atoms with E-state index < -0.39 is 10.0 Å². The highest BCUT2D eigenvalue weighted by Gasteiger charge is 2.17. The van der Waals surface area contributed by atoms with E-state index >= 15 is 0 Å². The number of sulfonamides is 1. The summed E-state index contributed by atoms with van der Waals surface area (Å²) in [7, 11) is -0.413. The number of nitrogens with one attached hydrogen (secondary N) is 1. The maximum absolute atomic E-state index is 12.2. The summed E-state index contributed by atoms with van der Waals surface area (Å²) in [4.78, 5) is 12.2. The normalized spacial score (nSPS) is 11.5. The lowest BCUT2D eigenvalue weighted by Crippen LogP contribution is -2.27. The predicted molar refractivity (Wildman–Crippen MR) is 107 cm³/mol. The Morgan fingerprint density at radius 3 is 2.42 bits per heavy atom. The second kappa shape index (κ2) is 9.75.